The summed E-state index contributed by atoms with van der Waals surface area (Å²) >= 11 is 0. The van der Waals surface area contributed by atoms with Crippen molar-refractivity contribution in [3.05, 3.63) is 35.6 Å². The zero-order valence-electron chi connectivity index (χ0n) is 13.8. The molecule has 2 heterocycles. The summed E-state index contributed by atoms with van der Waals surface area (Å²) in [4.78, 5) is 14.2. The van der Waals surface area contributed by atoms with Crippen LogP contribution in [0.3, 0.4) is 0 Å². The third-order valence-electron chi connectivity index (χ3n) is 4.89. The standard InChI is InChI=1S/C16H22FN3O3S/c1-18-16(21)14-7-12-9-19(8-11-3-5-13(17)6-4-11)10-15(12)20(14)24(2,22)23/h3-6,12,14-15H,7-10H2,1-2H3,(H,18,21)/t12-,14-,15+/m1/s1. The number of carbonyl (C=O) groups is 1. The number of fused-ring (bicyclic) bond motifs is 1. The molecule has 2 fully saturated rings. The maximum absolute atomic E-state index is 13.0. The lowest BCUT2D eigenvalue weighted by Gasteiger charge is -2.27. The Morgan fingerprint density at radius 1 is 1.29 bits per heavy atom. The second-order valence-corrected chi connectivity index (χ2v) is 8.49. The van der Waals surface area contributed by atoms with Crippen LogP contribution in [-0.2, 0) is 21.4 Å². The Kier molecular flexibility index (Phi) is 4.63. The van der Waals surface area contributed by atoms with E-state index in [1.165, 1.54) is 23.5 Å². The van der Waals surface area contributed by atoms with E-state index < -0.39 is 16.1 Å². The van der Waals surface area contributed by atoms with Crippen LogP contribution in [0.4, 0.5) is 4.39 Å². The smallest absolute Gasteiger partial charge is 0.238 e. The fraction of sp³-hybridized carbons (Fsp3) is 0.562. The maximum Gasteiger partial charge on any atom is 0.238 e. The maximum atomic E-state index is 13.0. The highest BCUT2D eigenvalue weighted by molar-refractivity contribution is 7.88. The quantitative estimate of drug-likeness (QED) is 0.849. The normalized spacial score (nSPS) is 28.0. The van der Waals surface area contributed by atoms with E-state index in [-0.39, 0.29) is 23.7 Å². The minimum Gasteiger partial charge on any atom is -0.358 e. The molecular weight excluding hydrogens is 333 g/mol. The van der Waals surface area contributed by atoms with Crippen molar-refractivity contribution in [3.8, 4) is 0 Å². The van der Waals surface area contributed by atoms with E-state index in [0.29, 0.717) is 19.5 Å². The van der Waals surface area contributed by atoms with Crippen molar-refractivity contribution < 1.29 is 17.6 Å². The van der Waals surface area contributed by atoms with Crippen molar-refractivity contribution in [2.24, 2.45) is 5.92 Å². The summed E-state index contributed by atoms with van der Waals surface area (Å²) in [6.45, 7) is 1.97. The molecule has 1 N–H and O–H groups in total. The van der Waals surface area contributed by atoms with Gasteiger partial charge in [0.2, 0.25) is 15.9 Å². The molecule has 0 aromatic heterocycles. The zero-order valence-corrected chi connectivity index (χ0v) is 14.6. The largest absolute Gasteiger partial charge is 0.358 e. The zero-order chi connectivity index (χ0) is 17.5. The topological polar surface area (TPSA) is 69.7 Å². The predicted octanol–water partition coefficient (Wildman–Crippen LogP) is 0.406. The van der Waals surface area contributed by atoms with Gasteiger partial charge in [-0.3, -0.25) is 9.69 Å². The Morgan fingerprint density at radius 2 is 1.96 bits per heavy atom. The van der Waals surface area contributed by atoms with Crippen molar-refractivity contribution in [2.75, 3.05) is 26.4 Å². The first-order chi connectivity index (χ1) is 11.3. The molecule has 2 aliphatic rings. The number of hydrogen-bond acceptors (Lipinski definition) is 4. The number of carbonyl (C=O) groups excluding carboxylic acids is 1. The van der Waals surface area contributed by atoms with E-state index in [9.17, 15) is 17.6 Å². The molecule has 0 bridgehead atoms. The molecule has 0 aliphatic carbocycles. The summed E-state index contributed by atoms with van der Waals surface area (Å²) in [5.74, 6) is -0.379. The van der Waals surface area contributed by atoms with Gasteiger partial charge in [-0.15, -0.1) is 0 Å². The van der Waals surface area contributed by atoms with Crippen molar-refractivity contribution >= 4 is 15.9 Å². The molecule has 24 heavy (non-hydrogen) atoms. The summed E-state index contributed by atoms with van der Waals surface area (Å²) in [5, 5.41) is 2.56. The Labute approximate surface area is 141 Å². The summed E-state index contributed by atoms with van der Waals surface area (Å²) in [6, 6.07) is 5.54. The van der Waals surface area contributed by atoms with Crippen LogP contribution in [0.25, 0.3) is 0 Å². The number of sulfonamides is 1. The van der Waals surface area contributed by atoms with E-state index >= 15 is 0 Å². The average molecular weight is 355 g/mol. The second kappa shape index (κ2) is 6.42. The van der Waals surface area contributed by atoms with Gasteiger partial charge in [0.05, 0.1) is 6.26 Å². The van der Waals surface area contributed by atoms with Crippen molar-refractivity contribution in [2.45, 2.75) is 25.0 Å². The number of amides is 1. The number of benzene rings is 1. The molecule has 0 spiro atoms. The van der Waals surface area contributed by atoms with Gasteiger partial charge in [-0.05, 0) is 30.0 Å². The highest BCUT2D eigenvalue weighted by atomic mass is 32.2. The Hall–Kier alpha value is -1.51. The van der Waals surface area contributed by atoms with Crippen LogP contribution in [0.2, 0.25) is 0 Å². The van der Waals surface area contributed by atoms with Gasteiger partial charge in [-0.2, -0.15) is 4.31 Å². The third-order valence-corrected chi connectivity index (χ3v) is 6.18. The molecule has 3 rings (SSSR count). The van der Waals surface area contributed by atoms with Crippen LogP contribution in [0.1, 0.15) is 12.0 Å². The van der Waals surface area contributed by atoms with Gasteiger partial charge in [-0.1, -0.05) is 12.1 Å². The van der Waals surface area contributed by atoms with Gasteiger partial charge in [-0.25, -0.2) is 12.8 Å². The molecule has 1 aromatic rings. The highest BCUT2D eigenvalue weighted by Gasteiger charge is 2.52. The van der Waals surface area contributed by atoms with E-state index in [4.69, 9.17) is 0 Å². The van der Waals surface area contributed by atoms with Crippen LogP contribution < -0.4 is 5.32 Å². The summed E-state index contributed by atoms with van der Waals surface area (Å²) in [7, 11) is -1.94. The second-order valence-electron chi connectivity index (χ2n) is 6.61. The molecule has 2 saturated heterocycles. The van der Waals surface area contributed by atoms with Gasteiger partial charge in [0, 0.05) is 32.7 Å². The lowest BCUT2D eigenvalue weighted by Crippen LogP contribution is -2.49. The Bertz CT molecular complexity index is 723. The average Bonchev–Trinajstić information content (AvgIpc) is 3.04. The first kappa shape index (κ1) is 17.3. The van der Waals surface area contributed by atoms with Gasteiger partial charge >= 0.3 is 0 Å². The van der Waals surface area contributed by atoms with Crippen LogP contribution in [-0.4, -0.2) is 62.0 Å². The summed E-state index contributed by atoms with van der Waals surface area (Å²) in [5.41, 5.74) is 0.991. The summed E-state index contributed by atoms with van der Waals surface area (Å²) < 4.78 is 38.8. The van der Waals surface area contributed by atoms with E-state index in [2.05, 4.69) is 10.2 Å². The van der Waals surface area contributed by atoms with Crippen LogP contribution in [0.15, 0.2) is 24.3 Å². The van der Waals surface area contributed by atoms with Gasteiger partial charge in [0.1, 0.15) is 11.9 Å². The molecule has 1 amide bonds. The molecule has 132 valence electrons. The molecule has 0 unspecified atom stereocenters. The minimum atomic E-state index is -3.47. The highest BCUT2D eigenvalue weighted by Crippen LogP contribution is 2.38. The fourth-order valence-corrected chi connectivity index (χ4v) is 5.30. The number of likely N-dealkylation sites (tertiary alicyclic amines) is 1. The first-order valence-corrected chi connectivity index (χ1v) is 9.81. The molecule has 0 saturated carbocycles. The van der Waals surface area contributed by atoms with Gasteiger partial charge in [0.25, 0.3) is 0 Å². The van der Waals surface area contributed by atoms with Crippen molar-refractivity contribution in [1.29, 1.82) is 0 Å². The fourth-order valence-electron chi connectivity index (χ4n) is 3.93. The molecule has 6 nitrogen and oxygen atoms in total. The molecule has 8 heteroatoms. The van der Waals surface area contributed by atoms with Crippen LogP contribution >= 0.6 is 0 Å². The van der Waals surface area contributed by atoms with E-state index in [0.717, 1.165) is 18.4 Å². The van der Waals surface area contributed by atoms with Gasteiger partial charge in [0.15, 0.2) is 0 Å². The molecule has 3 atom stereocenters. The van der Waals surface area contributed by atoms with Crippen LogP contribution in [0, 0.1) is 11.7 Å². The predicted molar refractivity (Wildman–Crippen MR) is 88.1 cm³/mol. The number of halogens is 1. The van der Waals surface area contributed by atoms with Gasteiger partial charge < -0.3 is 5.32 Å². The number of nitrogens with zero attached hydrogens (tertiary/aromatic N) is 2. The SMILES string of the molecule is CNC(=O)[C@H]1C[C@@H]2CN(Cc3ccc(F)cc3)C[C@@H]2N1S(C)(=O)=O. The Morgan fingerprint density at radius 3 is 2.54 bits per heavy atom. The third kappa shape index (κ3) is 3.31. The Balaban J connectivity index is 1.74. The minimum absolute atomic E-state index is 0.141. The first-order valence-electron chi connectivity index (χ1n) is 7.96. The number of likely N-dealkylation sites (N-methyl/N-ethyl adjacent to an activating group) is 1. The lowest BCUT2D eigenvalue weighted by atomic mass is 10.0. The molecular formula is C16H22FN3O3S. The van der Waals surface area contributed by atoms with Crippen molar-refractivity contribution in [1.82, 2.24) is 14.5 Å². The monoisotopic (exact) mass is 355 g/mol. The lowest BCUT2D eigenvalue weighted by molar-refractivity contribution is -0.124. The molecule has 1 aromatic carbocycles. The van der Waals surface area contributed by atoms with E-state index in [1.54, 1.807) is 12.1 Å². The van der Waals surface area contributed by atoms with Crippen molar-refractivity contribution in [3.63, 3.8) is 0 Å². The summed E-state index contributed by atoms with van der Waals surface area (Å²) in [6.07, 6.45) is 1.70. The molecule has 2 aliphatic heterocycles. The van der Waals surface area contributed by atoms with E-state index in [1.807, 2.05) is 0 Å². The number of hydrogen-bond donors (Lipinski definition) is 1. The van der Waals surface area contributed by atoms with Crippen LogP contribution in [0.5, 0.6) is 0 Å². The number of nitrogens with one attached hydrogen (secondary N) is 1. The number of rotatable bonds is 4. The molecule has 0 radical (unpaired) electrons.